The van der Waals surface area contributed by atoms with E-state index in [9.17, 15) is 4.79 Å². The highest BCUT2D eigenvalue weighted by Crippen LogP contribution is 2.31. The highest BCUT2D eigenvalue weighted by molar-refractivity contribution is 6.33. The maximum absolute atomic E-state index is 12.1. The number of benzene rings is 1. The number of hydrogen-bond acceptors (Lipinski definition) is 5. The van der Waals surface area contributed by atoms with Gasteiger partial charge in [-0.25, -0.2) is 4.79 Å². The Balaban J connectivity index is 2.40. The van der Waals surface area contributed by atoms with Crippen LogP contribution in [0.1, 0.15) is 17.0 Å². The number of aryl methyl sites for hydroxylation is 2. The van der Waals surface area contributed by atoms with Gasteiger partial charge in [-0.15, -0.1) is 0 Å². The summed E-state index contributed by atoms with van der Waals surface area (Å²) in [6.07, 6.45) is 1.29. The van der Waals surface area contributed by atoms with E-state index in [1.807, 2.05) is 0 Å². The zero-order valence-corrected chi connectivity index (χ0v) is 15.8. The van der Waals surface area contributed by atoms with E-state index in [4.69, 9.17) is 37.4 Å². The minimum absolute atomic E-state index is 0.167. The summed E-state index contributed by atoms with van der Waals surface area (Å²) in [6, 6.07) is 5.12. The van der Waals surface area contributed by atoms with E-state index in [0.29, 0.717) is 27.2 Å². The molecule has 2 aromatic rings. The van der Waals surface area contributed by atoms with Crippen molar-refractivity contribution in [2.45, 2.75) is 13.5 Å². The molecule has 1 aromatic heterocycles. The van der Waals surface area contributed by atoms with Crippen molar-refractivity contribution in [1.82, 2.24) is 9.78 Å². The number of carbonyl (C=O) groups is 1. The number of halogens is 2. The van der Waals surface area contributed by atoms with Gasteiger partial charge >= 0.3 is 5.97 Å². The van der Waals surface area contributed by atoms with E-state index < -0.39 is 5.97 Å². The Bertz CT molecular complexity index is 815. The summed E-state index contributed by atoms with van der Waals surface area (Å²) in [4.78, 5) is 12.1. The van der Waals surface area contributed by atoms with Crippen molar-refractivity contribution in [3.63, 3.8) is 0 Å². The van der Waals surface area contributed by atoms with Crippen LogP contribution in [0.4, 0.5) is 0 Å². The monoisotopic (exact) mass is 384 g/mol. The number of esters is 1. The van der Waals surface area contributed by atoms with Crippen molar-refractivity contribution in [2.24, 2.45) is 7.05 Å². The molecule has 0 amide bonds. The number of rotatable bonds is 6. The zero-order valence-electron chi connectivity index (χ0n) is 14.3. The average Bonchev–Trinajstić information content (AvgIpc) is 2.86. The highest BCUT2D eigenvalue weighted by Gasteiger charge is 2.25. The van der Waals surface area contributed by atoms with E-state index in [0.717, 1.165) is 5.56 Å². The Hall–Kier alpha value is -2.18. The minimum atomic E-state index is -0.560. The quantitative estimate of drug-likeness (QED) is 0.430. The lowest BCUT2D eigenvalue weighted by Crippen LogP contribution is -2.10. The minimum Gasteiger partial charge on any atom is -0.503 e. The van der Waals surface area contributed by atoms with Crippen LogP contribution < -0.4 is 4.74 Å². The third-order valence-corrected chi connectivity index (χ3v) is 4.05. The van der Waals surface area contributed by atoms with Gasteiger partial charge in [0.15, 0.2) is 5.75 Å². The lowest BCUT2D eigenvalue weighted by Gasteiger charge is -2.12. The standard InChI is InChI=1S/C17H18Cl2N2O4/c1-10-16(25-8-11-7-12(18)5-6-14(11)19)15(21(2)20-10)13(9-23-3)17(22)24-4/h5-7,9H,8H2,1-4H3. The fourth-order valence-electron chi connectivity index (χ4n) is 2.34. The largest absolute Gasteiger partial charge is 0.503 e. The van der Waals surface area contributed by atoms with Gasteiger partial charge < -0.3 is 14.2 Å². The molecule has 134 valence electrons. The second-order valence-corrected chi connectivity index (χ2v) is 6.01. The number of aromatic nitrogens is 2. The third-order valence-electron chi connectivity index (χ3n) is 3.44. The van der Waals surface area contributed by atoms with Gasteiger partial charge in [-0.1, -0.05) is 23.2 Å². The molecule has 0 aliphatic rings. The SMILES string of the molecule is COC=C(C(=O)OC)c1c(OCc2cc(Cl)ccc2Cl)c(C)nn1C. The van der Waals surface area contributed by atoms with Crippen molar-refractivity contribution < 1.29 is 19.0 Å². The molecule has 8 heteroatoms. The molecule has 0 saturated heterocycles. The fourth-order valence-corrected chi connectivity index (χ4v) is 2.71. The van der Waals surface area contributed by atoms with Crippen LogP contribution in [0.3, 0.4) is 0 Å². The molecule has 6 nitrogen and oxygen atoms in total. The van der Waals surface area contributed by atoms with Gasteiger partial charge in [-0.3, -0.25) is 4.68 Å². The second-order valence-electron chi connectivity index (χ2n) is 5.17. The lowest BCUT2D eigenvalue weighted by atomic mass is 10.1. The molecular weight excluding hydrogens is 367 g/mol. The maximum atomic E-state index is 12.1. The Morgan fingerprint density at radius 3 is 2.68 bits per heavy atom. The third kappa shape index (κ3) is 4.27. The number of ether oxygens (including phenoxy) is 3. The van der Waals surface area contributed by atoms with Gasteiger partial charge in [-0.05, 0) is 25.1 Å². The molecular formula is C17H18Cl2N2O4. The average molecular weight is 385 g/mol. The Kier molecular flexibility index (Phi) is 6.33. The lowest BCUT2D eigenvalue weighted by molar-refractivity contribution is -0.133. The van der Waals surface area contributed by atoms with Gasteiger partial charge in [0.2, 0.25) is 0 Å². The van der Waals surface area contributed by atoms with Gasteiger partial charge in [-0.2, -0.15) is 5.10 Å². The molecule has 0 atom stereocenters. The molecule has 1 heterocycles. The van der Waals surface area contributed by atoms with E-state index >= 15 is 0 Å². The summed E-state index contributed by atoms with van der Waals surface area (Å²) >= 11 is 12.2. The fraction of sp³-hybridized carbons (Fsp3) is 0.294. The van der Waals surface area contributed by atoms with E-state index in [1.165, 1.54) is 25.2 Å². The number of nitrogens with zero attached hydrogens (tertiary/aromatic N) is 2. The van der Waals surface area contributed by atoms with Crippen LogP contribution in [0, 0.1) is 6.92 Å². The first-order chi connectivity index (χ1) is 11.9. The van der Waals surface area contributed by atoms with Gasteiger partial charge in [0.1, 0.15) is 23.6 Å². The normalized spacial score (nSPS) is 11.4. The molecule has 0 bridgehead atoms. The van der Waals surface area contributed by atoms with Crippen LogP contribution >= 0.6 is 23.2 Å². The number of methoxy groups -OCH3 is 2. The van der Waals surface area contributed by atoms with Crippen molar-refractivity contribution in [1.29, 1.82) is 0 Å². The maximum Gasteiger partial charge on any atom is 0.343 e. The van der Waals surface area contributed by atoms with Gasteiger partial charge in [0.25, 0.3) is 0 Å². The summed E-state index contributed by atoms with van der Waals surface area (Å²) in [6.45, 7) is 1.94. The topological polar surface area (TPSA) is 62.6 Å². The van der Waals surface area contributed by atoms with Crippen LogP contribution in [-0.2, 0) is 27.9 Å². The summed E-state index contributed by atoms with van der Waals surface area (Å²) < 4.78 is 17.2. The Morgan fingerprint density at radius 1 is 1.32 bits per heavy atom. The predicted molar refractivity (Wildman–Crippen MR) is 95.7 cm³/mol. The van der Waals surface area contributed by atoms with Crippen LogP contribution in [0.2, 0.25) is 10.0 Å². The summed E-state index contributed by atoms with van der Waals surface area (Å²) in [7, 11) is 4.44. The first-order valence-electron chi connectivity index (χ1n) is 7.31. The van der Waals surface area contributed by atoms with Crippen molar-refractivity contribution in [3.8, 4) is 5.75 Å². The number of hydrogen-bond donors (Lipinski definition) is 0. The van der Waals surface area contributed by atoms with Gasteiger partial charge in [0.05, 0.1) is 20.5 Å². The van der Waals surface area contributed by atoms with Crippen LogP contribution in [0.25, 0.3) is 5.57 Å². The van der Waals surface area contributed by atoms with Crippen LogP contribution in [-0.4, -0.2) is 30.0 Å². The van der Waals surface area contributed by atoms with Crippen LogP contribution in [0.15, 0.2) is 24.5 Å². The Morgan fingerprint density at radius 2 is 2.04 bits per heavy atom. The molecule has 0 radical (unpaired) electrons. The molecule has 2 rings (SSSR count). The summed E-state index contributed by atoms with van der Waals surface area (Å²) in [5.74, 6) is -0.122. The van der Waals surface area contributed by atoms with E-state index in [2.05, 4.69) is 5.10 Å². The van der Waals surface area contributed by atoms with E-state index in [1.54, 1.807) is 32.2 Å². The first-order valence-corrected chi connectivity index (χ1v) is 8.06. The molecule has 0 saturated carbocycles. The second kappa shape index (κ2) is 8.27. The summed E-state index contributed by atoms with van der Waals surface area (Å²) in [5, 5.41) is 5.40. The predicted octanol–water partition coefficient (Wildman–Crippen LogP) is 3.77. The molecule has 0 unspecified atom stereocenters. The molecule has 0 fully saturated rings. The van der Waals surface area contributed by atoms with Crippen molar-refractivity contribution in [2.75, 3.05) is 14.2 Å². The zero-order chi connectivity index (χ0) is 18.6. The smallest absolute Gasteiger partial charge is 0.343 e. The van der Waals surface area contributed by atoms with Crippen molar-refractivity contribution in [3.05, 3.63) is 51.5 Å². The first kappa shape index (κ1) is 19.1. The number of carbonyl (C=O) groups excluding carboxylic acids is 1. The van der Waals surface area contributed by atoms with Crippen molar-refractivity contribution >= 4 is 34.7 Å². The molecule has 0 spiro atoms. The molecule has 1 aromatic carbocycles. The molecule has 0 N–H and O–H groups in total. The van der Waals surface area contributed by atoms with Crippen LogP contribution in [0.5, 0.6) is 5.75 Å². The molecule has 25 heavy (non-hydrogen) atoms. The van der Waals surface area contributed by atoms with Gasteiger partial charge in [0, 0.05) is 22.7 Å². The molecule has 0 aliphatic heterocycles. The summed E-state index contributed by atoms with van der Waals surface area (Å²) in [5.41, 5.74) is 1.98. The highest BCUT2D eigenvalue weighted by atomic mass is 35.5. The molecule has 0 aliphatic carbocycles. The Labute approximate surface area is 155 Å². The van der Waals surface area contributed by atoms with E-state index in [-0.39, 0.29) is 12.2 Å².